The maximum atomic E-state index is 13.4. The van der Waals surface area contributed by atoms with Gasteiger partial charge in [0.05, 0.1) is 16.7 Å². The summed E-state index contributed by atoms with van der Waals surface area (Å²) in [5, 5.41) is 8.08. The van der Waals surface area contributed by atoms with Crippen LogP contribution in [-0.2, 0) is 6.42 Å². The highest BCUT2D eigenvalue weighted by Crippen LogP contribution is 2.18. The van der Waals surface area contributed by atoms with Gasteiger partial charge in [-0.3, -0.25) is 4.40 Å². The number of hydrogen-bond acceptors (Lipinski definition) is 4. The van der Waals surface area contributed by atoms with Crippen LogP contribution in [0.5, 0.6) is 0 Å². The average Bonchev–Trinajstić information content (AvgIpc) is 2.98. The van der Waals surface area contributed by atoms with E-state index < -0.39 is 0 Å². The molecule has 6 heteroatoms. The molecule has 0 unspecified atom stereocenters. The smallest absolute Gasteiger partial charge is 0.182 e. The van der Waals surface area contributed by atoms with Crippen LogP contribution in [0.3, 0.4) is 0 Å². The maximum Gasteiger partial charge on any atom is 0.182 e. The van der Waals surface area contributed by atoms with Crippen molar-refractivity contribution in [1.82, 2.24) is 24.5 Å². The van der Waals surface area contributed by atoms with Crippen LogP contribution in [0.25, 0.3) is 16.7 Å². The summed E-state index contributed by atoms with van der Waals surface area (Å²) >= 11 is 0. The third-order valence-electron chi connectivity index (χ3n) is 3.82. The number of likely N-dealkylation sites (N-methyl/N-ethyl adjacent to an activating group) is 1. The predicted molar refractivity (Wildman–Crippen MR) is 79.7 cm³/mol. The van der Waals surface area contributed by atoms with Crippen molar-refractivity contribution in [2.45, 2.75) is 20.3 Å². The number of aromatic nitrogens is 4. The van der Waals surface area contributed by atoms with Crippen molar-refractivity contribution in [3.05, 3.63) is 36.0 Å². The van der Waals surface area contributed by atoms with E-state index in [1.807, 2.05) is 4.40 Å². The fourth-order valence-corrected chi connectivity index (χ4v) is 2.56. The van der Waals surface area contributed by atoms with Crippen LogP contribution in [0, 0.1) is 5.82 Å². The zero-order chi connectivity index (χ0) is 14.8. The van der Waals surface area contributed by atoms with E-state index in [2.05, 4.69) is 33.9 Å². The SMILES string of the molecule is CCN(CC)CCc1nc2ccc(F)cc2n2cnnc12. The summed E-state index contributed by atoms with van der Waals surface area (Å²) in [7, 11) is 0. The number of halogens is 1. The van der Waals surface area contributed by atoms with Crippen LogP contribution in [-0.4, -0.2) is 44.1 Å². The number of fused-ring (bicyclic) bond motifs is 3. The minimum atomic E-state index is -0.282. The second kappa shape index (κ2) is 5.73. The summed E-state index contributed by atoms with van der Waals surface area (Å²) in [5.41, 5.74) is 3.07. The quantitative estimate of drug-likeness (QED) is 0.722. The molecule has 3 aromatic rings. The molecule has 0 atom stereocenters. The first-order valence-corrected chi connectivity index (χ1v) is 7.23. The van der Waals surface area contributed by atoms with Gasteiger partial charge in [0.25, 0.3) is 0 Å². The van der Waals surface area contributed by atoms with Gasteiger partial charge in [-0.2, -0.15) is 0 Å². The molecule has 0 saturated carbocycles. The molecule has 110 valence electrons. The lowest BCUT2D eigenvalue weighted by atomic mass is 10.2. The molecule has 0 spiro atoms. The highest BCUT2D eigenvalue weighted by Gasteiger charge is 2.12. The Bertz CT molecular complexity index is 763. The van der Waals surface area contributed by atoms with E-state index in [4.69, 9.17) is 0 Å². The Kier molecular flexibility index (Phi) is 3.79. The van der Waals surface area contributed by atoms with E-state index >= 15 is 0 Å². The van der Waals surface area contributed by atoms with Gasteiger partial charge < -0.3 is 4.90 Å². The van der Waals surface area contributed by atoms with Gasteiger partial charge >= 0.3 is 0 Å². The fourth-order valence-electron chi connectivity index (χ4n) is 2.56. The summed E-state index contributed by atoms with van der Waals surface area (Å²) in [6, 6.07) is 4.59. The van der Waals surface area contributed by atoms with Crippen LogP contribution < -0.4 is 0 Å². The second-order valence-corrected chi connectivity index (χ2v) is 4.99. The molecule has 21 heavy (non-hydrogen) atoms. The molecule has 0 N–H and O–H groups in total. The molecule has 0 bridgehead atoms. The molecule has 0 saturated heterocycles. The lowest BCUT2D eigenvalue weighted by Crippen LogP contribution is -2.25. The Morgan fingerprint density at radius 1 is 1.24 bits per heavy atom. The minimum absolute atomic E-state index is 0.282. The van der Waals surface area contributed by atoms with Crippen LogP contribution in [0.1, 0.15) is 19.5 Å². The number of rotatable bonds is 5. The molecule has 0 fully saturated rings. The summed E-state index contributed by atoms with van der Waals surface area (Å²) in [5.74, 6) is -0.282. The topological polar surface area (TPSA) is 46.3 Å². The Hall–Kier alpha value is -2.08. The molecule has 5 nitrogen and oxygen atoms in total. The van der Waals surface area contributed by atoms with Gasteiger partial charge in [0, 0.05) is 19.0 Å². The van der Waals surface area contributed by atoms with Gasteiger partial charge in [0.2, 0.25) is 0 Å². The van der Waals surface area contributed by atoms with Crippen molar-refractivity contribution in [2.75, 3.05) is 19.6 Å². The molecular weight excluding hydrogens is 269 g/mol. The van der Waals surface area contributed by atoms with Crippen LogP contribution >= 0.6 is 0 Å². The standard InChI is InChI=1S/C15H18FN5/c1-3-20(4-2)8-7-13-15-19-17-10-21(15)14-9-11(16)5-6-12(14)18-13/h5-6,9-10H,3-4,7-8H2,1-2H3. The van der Waals surface area contributed by atoms with Crippen LogP contribution in [0.4, 0.5) is 4.39 Å². The van der Waals surface area contributed by atoms with Gasteiger partial charge in [-0.25, -0.2) is 9.37 Å². The Labute approximate surface area is 122 Å². The van der Waals surface area contributed by atoms with Crippen molar-refractivity contribution in [1.29, 1.82) is 0 Å². The lowest BCUT2D eigenvalue weighted by molar-refractivity contribution is 0.307. The van der Waals surface area contributed by atoms with Crippen molar-refractivity contribution >= 4 is 16.7 Å². The first-order valence-electron chi connectivity index (χ1n) is 7.23. The van der Waals surface area contributed by atoms with Gasteiger partial charge in [0.1, 0.15) is 12.1 Å². The van der Waals surface area contributed by atoms with E-state index in [0.29, 0.717) is 11.2 Å². The van der Waals surface area contributed by atoms with Gasteiger partial charge in [-0.05, 0) is 25.2 Å². The van der Waals surface area contributed by atoms with E-state index in [-0.39, 0.29) is 5.82 Å². The van der Waals surface area contributed by atoms with Crippen LogP contribution in [0.15, 0.2) is 24.5 Å². The zero-order valence-corrected chi connectivity index (χ0v) is 12.3. The molecule has 0 aliphatic carbocycles. The number of hydrogen-bond donors (Lipinski definition) is 0. The fraction of sp³-hybridized carbons (Fsp3) is 0.400. The normalized spacial score (nSPS) is 11.8. The van der Waals surface area contributed by atoms with Gasteiger partial charge in [0.15, 0.2) is 5.65 Å². The van der Waals surface area contributed by atoms with Crippen molar-refractivity contribution in [3.63, 3.8) is 0 Å². The van der Waals surface area contributed by atoms with Crippen molar-refractivity contribution < 1.29 is 4.39 Å². The number of benzene rings is 1. The first-order chi connectivity index (χ1) is 10.2. The summed E-state index contributed by atoms with van der Waals surface area (Å²) in [6.45, 7) is 7.24. The maximum absolute atomic E-state index is 13.4. The molecule has 0 aliphatic rings. The molecule has 3 rings (SSSR count). The average molecular weight is 287 g/mol. The van der Waals surface area contributed by atoms with Crippen molar-refractivity contribution in [2.24, 2.45) is 0 Å². The molecular formula is C15H18FN5. The van der Waals surface area contributed by atoms with Crippen LogP contribution in [0.2, 0.25) is 0 Å². The lowest BCUT2D eigenvalue weighted by Gasteiger charge is -2.17. The van der Waals surface area contributed by atoms with E-state index in [9.17, 15) is 4.39 Å². The largest absolute Gasteiger partial charge is 0.303 e. The van der Waals surface area contributed by atoms with E-state index in [1.54, 1.807) is 12.4 Å². The summed E-state index contributed by atoms with van der Waals surface area (Å²) in [4.78, 5) is 6.98. The molecule has 1 aromatic carbocycles. The first kappa shape index (κ1) is 13.9. The van der Waals surface area contributed by atoms with E-state index in [1.165, 1.54) is 12.1 Å². The minimum Gasteiger partial charge on any atom is -0.303 e. The summed E-state index contributed by atoms with van der Waals surface area (Å²) in [6.07, 6.45) is 2.41. The highest BCUT2D eigenvalue weighted by atomic mass is 19.1. The molecule has 0 aliphatic heterocycles. The Balaban J connectivity index is 2.05. The van der Waals surface area contributed by atoms with E-state index in [0.717, 1.165) is 37.3 Å². The van der Waals surface area contributed by atoms with Crippen molar-refractivity contribution in [3.8, 4) is 0 Å². The predicted octanol–water partition coefficient (Wildman–Crippen LogP) is 2.30. The third kappa shape index (κ3) is 2.58. The molecule has 0 radical (unpaired) electrons. The monoisotopic (exact) mass is 287 g/mol. The molecule has 0 amide bonds. The molecule has 2 aromatic heterocycles. The zero-order valence-electron chi connectivity index (χ0n) is 12.3. The Morgan fingerprint density at radius 3 is 2.81 bits per heavy atom. The van der Waals surface area contributed by atoms with Gasteiger partial charge in [-0.15, -0.1) is 10.2 Å². The number of nitrogens with zero attached hydrogens (tertiary/aromatic N) is 5. The molecule has 2 heterocycles. The van der Waals surface area contributed by atoms with Gasteiger partial charge in [-0.1, -0.05) is 13.8 Å². The Morgan fingerprint density at radius 2 is 2.05 bits per heavy atom. The third-order valence-corrected chi connectivity index (χ3v) is 3.82. The summed E-state index contributed by atoms with van der Waals surface area (Å²) < 4.78 is 15.2. The highest BCUT2D eigenvalue weighted by molar-refractivity contribution is 5.78. The second-order valence-electron chi connectivity index (χ2n) is 4.99.